The third kappa shape index (κ3) is 4.15. The van der Waals surface area contributed by atoms with E-state index >= 15 is 0 Å². The minimum absolute atomic E-state index is 0.162. The molecule has 0 fully saturated rings. The zero-order valence-electron chi connectivity index (χ0n) is 12.5. The Bertz CT molecular complexity index is 629. The van der Waals surface area contributed by atoms with Crippen LogP contribution in [0.4, 0.5) is 0 Å². The Morgan fingerprint density at radius 2 is 1.73 bits per heavy atom. The molecule has 0 saturated carbocycles. The van der Waals surface area contributed by atoms with Crippen LogP contribution in [-0.4, -0.2) is 23.0 Å². The van der Waals surface area contributed by atoms with Crippen molar-refractivity contribution in [3.05, 3.63) is 66.0 Å². The first-order chi connectivity index (χ1) is 10.6. The van der Waals surface area contributed by atoms with E-state index in [4.69, 9.17) is 4.74 Å². The number of rotatable bonds is 5. The van der Waals surface area contributed by atoms with Gasteiger partial charge < -0.3 is 10.1 Å². The van der Waals surface area contributed by atoms with E-state index in [1.54, 1.807) is 18.2 Å². The predicted octanol–water partition coefficient (Wildman–Crippen LogP) is 2.50. The van der Waals surface area contributed by atoms with E-state index in [-0.39, 0.29) is 17.6 Å². The minimum Gasteiger partial charge on any atom is -0.448 e. The number of ether oxygens (including phenoxy) is 1. The van der Waals surface area contributed by atoms with Gasteiger partial charge in [0.25, 0.3) is 5.91 Å². The Balaban J connectivity index is 1.91. The highest BCUT2D eigenvalue weighted by molar-refractivity contribution is 5.90. The third-order valence-corrected chi connectivity index (χ3v) is 3.19. The molecular weight excluding hydrogens is 280 g/mol. The number of carbonyl (C=O) groups is 2. The molecule has 2 atom stereocenters. The molecule has 5 heteroatoms. The van der Waals surface area contributed by atoms with Crippen LogP contribution in [0.5, 0.6) is 0 Å². The average Bonchev–Trinajstić information content (AvgIpc) is 2.56. The highest BCUT2D eigenvalue weighted by Crippen LogP contribution is 2.11. The van der Waals surface area contributed by atoms with Crippen LogP contribution < -0.4 is 5.32 Å². The molecule has 1 N–H and O–H groups in total. The van der Waals surface area contributed by atoms with Gasteiger partial charge in [-0.25, -0.2) is 9.78 Å². The molecule has 0 aliphatic heterocycles. The number of carbonyl (C=O) groups excluding carboxylic acids is 2. The van der Waals surface area contributed by atoms with E-state index in [2.05, 4.69) is 10.3 Å². The number of amides is 1. The Kier molecular flexibility index (Phi) is 5.25. The zero-order valence-corrected chi connectivity index (χ0v) is 12.5. The summed E-state index contributed by atoms with van der Waals surface area (Å²) < 4.78 is 5.12. The molecule has 2 unspecified atom stereocenters. The topological polar surface area (TPSA) is 68.3 Å². The van der Waals surface area contributed by atoms with Crippen molar-refractivity contribution in [3.63, 3.8) is 0 Å². The van der Waals surface area contributed by atoms with Crippen LogP contribution in [0.25, 0.3) is 0 Å². The van der Waals surface area contributed by atoms with E-state index in [9.17, 15) is 9.59 Å². The highest BCUT2D eigenvalue weighted by atomic mass is 16.5. The van der Waals surface area contributed by atoms with Gasteiger partial charge in [-0.3, -0.25) is 4.79 Å². The number of esters is 1. The Hall–Kier alpha value is -2.69. The molecule has 1 amide bonds. The molecule has 22 heavy (non-hydrogen) atoms. The molecule has 0 aliphatic rings. The summed E-state index contributed by atoms with van der Waals surface area (Å²) in [5, 5.41) is 2.82. The van der Waals surface area contributed by atoms with E-state index < -0.39 is 12.1 Å². The summed E-state index contributed by atoms with van der Waals surface area (Å²) >= 11 is 0. The molecular formula is C17H18N2O3. The quantitative estimate of drug-likeness (QED) is 0.861. The summed E-state index contributed by atoms with van der Waals surface area (Å²) in [6.45, 7) is 3.41. The summed E-state index contributed by atoms with van der Waals surface area (Å²) in [6, 6.07) is 14.3. The normalized spacial score (nSPS) is 13.0. The van der Waals surface area contributed by atoms with Gasteiger partial charge in [0.2, 0.25) is 0 Å². The van der Waals surface area contributed by atoms with Gasteiger partial charge >= 0.3 is 5.97 Å². The fourth-order valence-corrected chi connectivity index (χ4v) is 1.91. The SMILES string of the molecule is CC(OC(=O)c1ccccn1)C(=O)NC(C)c1ccccc1. The second kappa shape index (κ2) is 7.36. The second-order valence-electron chi connectivity index (χ2n) is 4.90. The Morgan fingerprint density at radius 1 is 1.05 bits per heavy atom. The summed E-state index contributed by atoms with van der Waals surface area (Å²) in [7, 11) is 0. The van der Waals surface area contributed by atoms with Gasteiger partial charge in [0.05, 0.1) is 6.04 Å². The summed E-state index contributed by atoms with van der Waals surface area (Å²) in [4.78, 5) is 27.8. The first-order valence-corrected chi connectivity index (χ1v) is 7.05. The van der Waals surface area contributed by atoms with E-state index in [0.29, 0.717) is 0 Å². The summed E-state index contributed by atoms with van der Waals surface area (Å²) in [5.41, 5.74) is 1.16. The van der Waals surface area contributed by atoms with Gasteiger partial charge in [-0.05, 0) is 31.5 Å². The van der Waals surface area contributed by atoms with Gasteiger partial charge in [0, 0.05) is 6.20 Å². The van der Waals surface area contributed by atoms with Crippen LogP contribution in [0.3, 0.4) is 0 Å². The first-order valence-electron chi connectivity index (χ1n) is 7.05. The van der Waals surface area contributed by atoms with Crippen molar-refractivity contribution in [2.45, 2.75) is 26.0 Å². The lowest BCUT2D eigenvalue weighted by atomic mass is 10.1. The van der Waals surface area contributed by atoms with Crippen LogP contribution in [-0.2, 0) is 9.53 Å². The highest BCUT2D eigenvalue weighted by Gasteiger charge is 2.21. The lowest BCUT2D eigenvalue weighted by Gasteiger charge is -2.18. The largest absolute Gasteiger partial charge is 0.448 e. The van der Waals surface area contributed by atoms with E-state index in [0.717, 1.165) is 5.56 Å². The number of nitrogens with zero attached hydrogens (tertiary/aromatic N) is 1. The molecule has 2 aromatic rings. The molecule has 5 nitrogen and oxygen atoms in total. The van der Waals surface area contributed by atoms with Crippen molar-refractivity contribution in [2.24, 2.45) is 0 Å². The van der Waals surface area contributed by atoms with Gasteiger partial charge in [-0.15, -0.1) is 0 Å². The maximum absolute atomic E-state index is 12.1. The fraction of sp³-hybridized carbons (Fsp3) is 0.235. The average molecular weight is 298 g/mol. The molecule has 0 aliphatic carbocycles. The number of aromatic nitrogens is 1. The summed E-state index contributed by atoms with van der Waals surface area (Å²) in [5.74, 6) is -0.962. The molecule has 1 aromatic heterocycles. The maximum atomic E-state index is 12.1. The molecule has 0 bridgehead atoms. The van der Waals surface area contributed by atoms with Crippen LogP contribution in [0.15, 0.2) is 54.7 Å². The maximum Gasteiger partial charge on any atom is 0.357 e. The van der Waals surface area contributed by atoms with Crippen LogP contribution in [0, 0.1) is 0 Å². The minimum atomic E-state index is -0.888. The van der Waals surface area contributed by atoms with Crippen molar-refractivity contribution >= 4 is 11.9 Å². The van der Waals surface area contributed by atoms with Crippen molar-refractivity contribution < 1.29 is 14.3 Å². The molecule has 0 spiro atoms. The van der Waals surface area contributed by atoms with Crippen molar-refractivity contribution in [1.82, 2.24) is 10.3 Å². The number of nitrogens with one attached hydrogen (secondary N) is 1. The lowest BCUT2D eigenvalue weighted by Crippen LogP contribution is -2.37. The van der Waals surface area contributed by atoms with Gasteiger partial charge in [0.1, 0.15) is 5.69 Å². The van der Waals surface area contributed by atoms with Crippen molar-refractivity contribution in [3.8, 4) is 0 Å². The Morgan fingerprint density at radius 3 is 2.36 bits per heavy atom. The van der Waals surface area contributed by atoms with E-state index in [1.807, 2.05) is 37.3 Å². The van der Waals surface area contributed by atoms with Gasteiger partial charge in [0.15, 0.2) is 6.10 Å². The van der Waals surface area contributed by atoms with Crippen LogP contribution >= 0.6 is 0 Å². The fourth-order valence-electron chi connectivity index (χ4n) is 1.91. The standard InChI is InChI=1S/C17H18N2O3/c1-12(14-8-4-3-5-9-14)19-16(20)13(2)22-17(21)15-10-6-7-11-18-15/h3-13H,1-2H3,(H,19,20). The second-order valence-corrected chi connectivity index (χ2v) is 4.90. The van der Waals surface area contributed by atoms with Crippen molar-refractivity contribution in [1.29, 1.82) is 0 Å². The van der Waals surface area contributed by atoms with Gasteiger partial charge in [-0.2, -0.15) is 0 Å². The predicted molar refractivity (Wildman–Crippen MR) is 82.1 cm³/mol. The molecule has 1 aromatic carbocycles. The van der Waals surface area contributed by atoms with E-state index in [1.165, 1.54) is 13.1 Å². The molecule has 0 radical (unpaired) electrons. The molecule has 1 heterocycles. The van der Waals surface area contributed by atoms with Crippen molar-refractivity contribution in [2.75, 3.05) is 0 Å². The first kappa shape index (κ1) is 15.7. The van der Waals surface area contributed by atoms with Crippen LogP contribution in [0.2, 0.25) is 0 Å². The number of benzene rings is 1. The lowest BCUT2D eigenvalue weighted by molar-refractivity contribution is -0.129. The number of hydrogen-bond acceptors (Lipinski definition) is 4. The Labute approximate surface area is 129 Å². The monoisotopic (exact) mass is 298 g/mol. The smallest absolute Gasteiger partial charge is 0.357 e. The number of pyridine rings is 1. The number of hydrogen-bond donors (Lipinski definition) is 1. The van der Waals surface area contributed by atoms with Gasteiger partial charge in [-0.1, -0.05) is 36.4 Å². The zero-order chi connectivity index (χ0) is 15.9. The molecule has 0 saturated heterocycles. The summed E-state index contributed by atoms with van der Waals surface area (Å²) in [6.07, 6.45) is 0.611. The molecule has 114 valence electrons. The third-order valence-electron chi connectivity index (χ3n) is 3.19. The molecule has 2 rings (SSSR count). The van der Waals surface area contributed by atoms with Crippen LogP contribution in [0.1, 0.15) is 35.9 Å².